The van der Waals surface area contributed by atoms with Crippen LogP contribution in [0.5, 0.6) is 0 Å². The quantitative estimate of drug-likeness (QED) is 0.870. The maximum absolute atomic E-state index is 12.3. The van der Waals surface area contributed by atoms with Gasteiger partial charge in [0.25, 0.3) is 5.56 Å². The SMILES string of the molecule is Cn1c(NCC2CCN(C(=O)OC(C)(C)C)C2)nc(-c2ccncc2)cc1=O. The number of nitrogens with zero attached hydrogens (tertiary/aromatic N) is 4. The van der Waals surface area contributed by atoms with Crippen LogP contribution in [0.1, 0.15) is 27.2 Å². The second-order valence-electron chi connectivity index (χ2n) is 8.06. The highest BCUT2D eigenvalue weighted by atomic mass is 16.6. The molecule has 2 aromatic heterocycles. The van der Waals surface area contributed by atoms with Crippen molar-refractivity contribution in [3.05, 3.63) is 40.9 Å². The highest BCUT2D eigenvalue weighted by molar-refractivity contribution is 5.68. The van der Waals surface area contributed by atoms with Crippen molar-refractivity contribution in [3.63, 3.8) is 0 Å². The highest BCUT2D eigenvalue weighted by Gasteiger charge is 2.29. The number of likely N-dealkylation sites (tertiary alicyclic amines) is 1. The lowest BCUT2D eigenvalue weighted by Crippen LogP contribution is -2.35. The van der Waals surface area contributed by atoms with E-state index in [0.717, 1.165) is 12.0 Å². The third-order valence-electron chi connectivity index (χ3n) is 4.60. The highest BCUT2D eigenvalue weighted by Crippen LogP contribution is 2.20. The van der Waals surface area contributed by atoms with Crippen LogP contribution in [-0.2, 0) is 11.8 Å². The van der Waals surface area contributed by atoms with Crippen LogP contribution in [0, 0.1) is 5.92 Å². The lowest BCUT2D eigenvalue weighted by molar-refractivity contribution is 0.0289. The summed E-state index contributed by atoms with van der Waals surface area (Å²) in [4.78, 5) is 34.8. The van der Waals surface area contributed by atoms with Gasteiger partial charge in [0, 0.05) is 50.7 Å². The van der Waals surface area contributed by atoms with E-state index >= 15 is 0 Å². The van der Waals surface area contributed by atoms with Crippen LogP contribution in [0.15, 0.2) is 35.4 Å². The molecule has 1 unspecified atom stereocenters. The van der Waals surface area contributed by atoms with E-state index in [9.17, 15) is 9.59 Å². The largest absolute Gasteiger partial charge is 0.444 e. The van der Waals surface area contributed by atoms with Crippen LogP contribution in [-0.4, -0.2) is 50.8 Å². The first-order valence-electron chi connectivity index (χ1n) is 9.43. The third-order valence-corrected chi connectivity index (χ3v) is 4.60. The Hall–Kier alpha value is -2.90. The predicted molar refractivity (Wildman–Crippen MR) is 107 cm³/mol. The van der Waals surface area contributed by atoms with E-state index in [2.05, 4.69) is 15.3 Å². The Kier molecular flexibility index (Phi) is 5.67. The molecular formula is C20H27N5O3. The van der Waals surface area contributed by atoms with E-state index in [1.54, 1.807) is 24.3 Å². The van der Waals surface area contributed by atoms with Gasteiger partial charge < -0.3 is 15.0 Å². The minimum absolute atomic E-state index is 0.133. The van der Waals surface area contributed by atoms with Crippen molar-refractivity contribution >= 4 is 12.0 Å². The molecule has 0 aliphatic carbocycles. The summed E-state index contributed by atoms with van der Waals surface area (Å²) in [6.45, 7) is 7.51. The maximum atomic E-state index is 12.3. The fraction of sp³-hybridized carbons (Fsp3) is 0.500. The fourth-order valence-electron chi connectivity index (χ4n) is 3.10. The fourth-order valence-corrected chi connectivity index (χ4v) is 3.10. The second kappa shape index (κ2) is 8.00. The summed E-state index contributed by atoms with van der Waals surface area (Å²) in [7, 11) is 1.69. The number of nitrogens with one attached hydrogen (secondary N) is 1. The first-order valence-corrected chi connectivity index (χ1v) is 9.43. The number of hydrogen-bond acceptors (Lipinski definition) is 6. The van der Waals surface area contributed by atoms with Gasteiger partial charge in [0.1, 0.15) is 5.60 Å². The molecule has 3 rings (SSSR count). The molecule has 150 valence electrons. The Balaban J connectivity index is 1.64. The molecule has 0 spiro atoms. The van der Waals surface area contributed by atoms with Gasteiger partial charge in [0.15, 0.2) is 0 Å². The van der Waals surface area contributed by atoms with Crippen LogP contribution in [0.25, 0.3) is 11.3 Å². The molecule has 3 heterocycles. The molecule has 0 aromatic carbocycles. The van der Waals surface area contributed by atoms with E-state index in [0.29, 0.717) is 31.3 Å². The predicted octanol–water partition coefficient (Wildman–Crippen LogP) is 2.51. The zero-order chi connectivity index (χ0) is 20.3. The van der Waals surface area contributed by atoms with Gasteiger partial charge in [-0.25, -0.2) is 9.78 Å². The number of rotatable bonds is 4. The summed E-state index contributed by atoms with van der Waals surface area (Å²) in [5, 5.41) is 3.27. The van der Waals surface area contributed by atoms with E-state index in [1.165, 1.54) is 10.6 Å². The summed E-state index contributed by atoms with van der Waals surface area (Å²) in [5.41, 5.74) is 0.817. The Morgan fingerprint density at radius 2 is 2.04 bits per heavy atom. The Morgan fingerprint density at radius 3 is 2.71 bits per heavy atom. The van der Waals surface area contributed by atoms with Crippen molar-refractivity contribution in [3.8, 4) is 11.3 Å². The summed E-state index contributed by atoms with van der Waals surface area (Å²) in [6.07, 6.45) is 3.95. The van der Waals surface area contributed by atoms with Gasteiger partial charge in [-0.1, -0.05) is 0 Å². The summed E-state index contributed by atoms with van der Waals surface area (Å²) in [5.74, 6) is 0.782. The maximum Gasteiger partial charge on any atom is 0.410 e. The minimum Gasteiger partial charge on any atom is -0.444 e. The zero-order valence-electron chi connectivity index (χ0n) is 16.8. The van der Waals surface area contributed by atoms with Crippen LogP contribution >= 0.6 is 0 Å². The van der Waals surface area contributed by atoms with Crippen LogP contribution in [0.2, 0.25) is 0 Å². The van der Waals surface area contributed by atoms with Crippen molar-refractivity contribution in [2.24, 2.45) is 13.0 Å². The van der Waals surface area contributed by atoms with Crippen molar-refractivity contribution in [1.29, 1.82) is 0 Å². The molecule has 1 fully saturated rings. The second-order valence-corrected chi connectivity index (χ2v) is 8.06. The molecule has 1 aliphatic rings. The van der Waals surface area contributed by atoms with Gasteiger partial charge in [-0.3, -0.25) is 14.3 Å². The molecule has 0 bridgehead atoms. The normalized spacial score (nSPS) is 16.9. The molecule has 1 amide bonds. The Bertz CT molecular complexity index is 889. The molecule has 1 atom stereocenters. The van der Waals surface area contributed by atoms with Crippen molar-refractivity contribution in [2.75, 3.05) is 25.0 Å². The van der Waals surface area contributed by atoms with E-state index in [1.807, 2.05) is 32.9 Å². The summed E-state index contributed by atoms with van der Waals surface area (Å²) >= 11 is 0. The van der Waals surface area contributed by atoms with Gasteiger partial charge in [-0.2, -0.15) is 0 Å². The summed E-state index contributed by atoms with van der Waals surface area (Å²) < 4.78 is 6.93. The van der Waals surface area contributed by atoms with Crippen LogP contribution < -0.4 is 10.9 Å². The Morgan fingerprint density at radius 1 is 1.32 bits per heavy atom. The van der Waals surface area contributed by atoms with Crippen LogP contribution in [0.3, 0.4) is 0 Å². The molecular weight excluding hydrogens is 358 g/mol. The topological polar surface area (TPSA) is 89.3 Å². The van der Waals surface area contributed by atoms with Gasteiger partial charge in [-0.05, 0) is 45.2 Å². The molecule has 28 heavy (non-hydrogen) atoms. The number of ether oxygens (including phenoxy) is 1. The van der Waals surface area contributed by atoms with Crippen molar-refractivity contribution in [2.45, 2.75) is 32.8 Å². The van der Waals surface area contributed by atoms with E-state index in [-0.39, 0.29) is 17.6 Å². The monoisotopic (exact) mass is 385 g/mol. The molecule has 8 heteroatoms. The molecule has 8 nitrogen and oxygen atoms in total. The number of carbonyl (C=O) groups is 1. The number of carbonyl (C=O) groups excluding carboxylic acids is 1. The summed E-state index contributed by atoms with van der Waals surface area (Å²) in [6, 6.07) is 5.16. The average molecular weight is 385 g/mol. The number of aromatic nitrogens is 3. The van der Waals surface area contributed by atoms with E-state index < -0.39 is 5.60 Å². The molecule has 0 saturated carbocycles. The van der Waals surface area contributed by atoms with Crippen molar-refractivity contribution < 1.29 is 9.53 Å². The lowest BCUT2D eigenvalue weighted by Gasteiger charge is -2.24. The van der Waals surface area contributed by atoms with E-state index in [4.69, 9.17) is 4.74 Å². The number of hydrogen-bond donors (Lipinski definition) is 1. The lowest BCUT2D eigenvalue weighted by atomic mass is 10.1. The molecule has 1 aliphatic heterocycles. The third kappa shape index (κ3) is 4.88. The molecule has 2 aromatic rings. The smallest absolute Gasteiger partial charge is 0.410 e. The van der Waals surface area contributed by atoms with Gasteiger partial charge in [-0.15, -0.1) is 0 Å². The number of amides is 1. The number of anilines is 1. The molecule has 0 radical (unpaired) electrons. The Labute approximate surface area is 164 Å². The first kappa shape index (κ1) is 19.9. The van der Waals surface area contributed by atoms with Gasteiger partial charge in [0.05, 0.1) is 5.69 Å². The molecule has 1 saturated heterocycles. The van der Waals surface area contributed by atoms with Crippen LogP contribution in [0.4, 0.5) is 10.7 Å². The first-order chi connectivity index (χ1) is 13.2. The van der Waals surface area contributed by atoms with Gasteiger partial charge in [0.2, 0.25) is 5.95 Å². The average Bonchev–Trinajstić information content (AvgIpc) is 3.11. The zero-order valence-corrected chi connectivity index (χ0v) is 16.8. The number of pyridine rings is 1. The van der Waals surface area contributed by atoms with Gasteiger partial charge >= 0.3 is 6.09 Å². The minimum atomic E-state index is -0.497. The standard InChI is InChI=1S/C20H27N5O3/c1-20(2,3)28-19(27)25-10-7-14(13-25)12-22-18-23-16(11-17(26)24(18)4)15-5-8-21-9-6-15/h5-6,8-9,11,14H,7,10,12-13H2,1-4H3,(H,22,23). The van der Waals surface area contributed by atoms with Crippen molar-refractivity contribution in [1.82, 2.24) is 19.4 Å². The molecule has 1 N–H and O–H groups in total.